The Bertz CT molecular complexity index is 1060. The van der Waals surface area contributed by atoms with Gasteiger partial charge in [0.1, 0.15) is 17.9 Å². The first-order valence-electron chi connectivity index (χ1n) is 8.54. The number of nitrogens with one attached hydrogen (secondary N) is 1. The number of pyridine rings is 1. The second-order valence-corrected chi connectivity index (χ2v) is 5.79. The van der Waals surface area contributed by atoms with Crippen molar-refractivity contribution in [3.05, 3.63) is 78.8 Å². The minimum Gasteiger partial charge on any atom is -0.489 e. The molecular formula is C20H17N5O2. The third-order valence-electron chi connectivity index (χ3n) is 3.95. The van der Waals surface area contributed by atoms with E-state index in [-0.39, 0.29) is 11.6 Å². The molecule has 2 heterocycles. The molecule has 1 amide bonds. The van der Waals surface area contributed by atoms with Crippen molar-refractivity contribution in [2.75, 3.05) is 13.2 Å². The van der Waals surface area contributed by atoms with Crippen molar-refractivity contribution in [3.63, 3.8) is 0 Å². The number of carbonyl (C=O) groups excluding carboxylic acids is 1. The number of para-hydroxylation sites is 2. The average Bonchev–Trinajstić information content (AvgIpc) is 3.22. The largest absolute Gasteiger partial charge is 0.489 e. The van der Waals surface area contributed by atoms with Gasteiger partial charge in [-0.05, 0) is 24.3 Å². The van der Waals surface area contributed by atoms with Crippen molar-refractivity contribution in [2.45, 2.75) is 0 Å². The molecule has 2 aromatic carbocycles. The van der Waals surface area contributed by atoms with Crippen LogP contribution in [0.5, 0.6) is 5.75 Å². The summed E-state index contributed by atoms with van der Waals surface area (Å²) in [7, 11) is 0. The van der Waals surface area contributed by atoms with Crippen LogP contribution < -0.4 is 10.1 Å². The van der Waals surface area contributed by atoms with Crippen LogP contribution in [0.4, 0.5) is 0 Å². The lowest BCUT2D eigenvalue weighted by molar-refractivity contribution is 0.0941. The van der Waals surface area contributed by atoms with Crippen molar-refractivity contribution >= 4 is 16.8 Å². The van der Waals surface area contributed by atoms with E-state index in [0.717, 1.165) is 16.6 Å². The summed E-state index contributed by atoms with van der Waals surface area (Å²) < 4.78 is 5.76. The minimum atomic E-state index is -0.295. The summed E-state index contributed by atoms with van der Waals surface area (Å²) in [5.74, 6) is 0.397. The lowest BCUT2D eigenvalue weighted by atomic mass is 10.2. The Morgan fingerprint density at radius 2 is 1.89 bits per heavy atom. The summed E-state index contributed by atoms with van der Waals surface area (Å²) in [5, 5.41) is 12.1. The van der Waals surface area contributed by atoms with Crippen LogP contribution in [0.25, 0.3) is 16.6 Å². The molecule has 27 heavy (non-hydrogen) atoms. The molecule has 0 bridgehead atoms. The Labute approximate surface area is 155 Å². The highest BCUT2D eigenvalue weighted by atomic mass is 16.5. The number of fused-ring (bicyclic) bond motifs is 1. The molecule has 0 fully saturated rings. The van der Waals surface area contributed by atoms with E-state index in [4.69, 9.17) is 4.74 Å². The molecule has 134 valence electrons. The topological polar surface area (TPSA) is 81.9 Å². The van der Waals surface area contributed by atoms with Gasteiger partial charge in [0.25, 0.3) is 5.91 Å². The summed E-state index contributed by atoms with van der Waals surface area (Å²) in [6.45, 7) is 0.675. The van der Waals surface area contributed by atoms with Gasteiger partial charge in [0.15, 0.2) is 5.69 Å². The number of nitrogens with zero attached hydrogens (tertiary/aromatic N) is 4. The van der Waals surface area contributed by atoms with E-state index in [9.17, 15) is 4.79 Å². The number of amides is 1. The highest BCUT2D eigenvalue weighted by molar-refractivity contribution is 5.91. The summed E-state index contributed by atoms with van der Waals surface area (Å²) in [4.78, 5) is 18.0. The van der Waals surface area contributed by atoms with Crippen LogP contribution in [0.15, 0.2) is 73.1 Å². The Morgan fingerprint density at radius 3 is 2.78 bits per heavy atom. The fraction of sp³-hybridized carbons (Fsp3) is 0.100. The number of carbonyl (C=O) groups is 1. The third-order valence-corrected chi connectivity index (χ3v) is 3.95. The van der Waals surface area contributed by atoms with E-state index in [0.29, 0.717) is 18.9 Å². The molecule has 1 N–H and O–H groups in total. The molecule has 0 unspecified atom stereocenters. The van der Waals surface area contributed by atoms with Gasteiger partial charge in [0.05, 0.1) is 18.4 Å². The summed E-state index contributed by atoms with van der Waals surface area (Å²) >= 11 is 0. The van der Waals surface area contributed by atoms with Gasteiger partial charge in [-0.15, -0.1) is 5.10 Å². The normalized spacial score (nSPS) is 10.7. The minimum absolute atomic E-state index is 0.255. The standard InChI is InChI=1S/C20H17N5O2/c26-20(17-14-23-25(24-17)16-8-2-1-3-9-16)22-12-13-27-18-10-4-6-15-7-5-11-21-19(15)18/h1-11,14H,12-13H2,(H,22,26). The van der Waals surface area contributed by atoms with Crippen LogP contribution in [0, 0.1) is 0 Å². The Balaban J connectivity index is 1.33. The van der Waals surface area contributed by atoms with E-state index in [1.54, 1.807) is 6.20 Å². The summed E-state index contributed by atoms with van der Waals surface area (Å²) in [6, 6.07) is 19.0. The quantitative estimate of drug-likeness (QED) is 0.535. The Kier molecular flexibility index (Phi) is 4.74. The smallest absolute Gasteiger partial charge is 0.273 e. The van der Waals surface area contributed by atoms with Crippen molar-refractivity contribution in [1.29, 1.82) is 0 Å². The van der Waals surface area contributed by atoms with Crippen LogP contribution in [0.1, 0.15) is 10.5 Å². The van der Waals surface area contributed by atoms with Gasteiger partial charge in [-0.1, -0.05) is 36.4 Å². The SMILES string of the molecule is O=C(NCCOc1cccc2cccnc12)c1cnn(-c2ccccc2)n1. The number of benzene rings is 2. The fourth-order valence-corrected chi connectivity index (χ4v) is 2.66. The van der Waals surface area contributed by atoms with Crippen molar-refractivity contribution in [3.8, 4) is 11.4 Å². The fourth-order valence-electron chi connectivity index (χ4n) is 2.66. The number of hydrogen-bond donors (Lipinski definition) is 1. The van der Waals surface area contributed by atoms with Crippen molar-refractivity contribution in [1.82, 2.24) is 25.3 Å². The van der Waals surface area contributed by atoms with Gasteiger partial charge < -0.3 is 10.1 Å². The van der Waals surface area contributed by atoms with Crippen LogP contribution in [0.2, 0.25) is 0 Å². The summed E-state index contributed by atoms with van der Waals surface area (Å²) in [5.41, 5.74) is 1.85. The van der Waals surface area contributed by atoms with Gasteiger partial charge in [0, 0.05) is 11.6 Å². The highest BCUT2D eigenvalue weighted by Crippen LogP contribution is 2.22. The predicted octanol–water partition coefficient (Wildman–Crippen LogP) is 2.62. The van der Waals surface area contributed by atoms with E-state index in [2.05, 4.69) is 20.5 Å². The van der Waals surface area contributed by atoms with Gasteiger partial charge in [0.2, 0.25) is 0 Å². The van der Waals surface area contributed by atoms with Gasteiger partial charge in [-0.25, -0.2) is 0 Å². The molecule has 7 nitrogen and oxygen atoms in total. The molecule has 0 radical (unpaired) electrons. The maximum atomic E-state index is 12.2. The lowest BCUT2D eigenvalue weighted by Crippen LogP contribution is -2.28. The van der Waals surface area contributed by atoms with E-state index in [1.165, 1.54) is 11.0 Å². The molecule has 7 heteroatoms. The first kappa shape index (κ1) is 16.7. The molecule has 0 saturated heterocycles. The van der Waals surface area contributed by atoms with Crippen molar-refractivity contribution in [2.24, 2.45) is 0 Å². The van der Waals surface area contributed by atoms with Gasteiger partial charge in [-0.3, -0.25) is 9.78 Å². The monoisotopic (exact) mass is 359 g/mol. The first-order valence-corrected chi connectivity index (χ1v) is 8.54. The van der Waals surface area contributed by atoms with Crippen LogP contribution in [-0.2, 0) is 0 Å². The highest BCUT2D eigenvalue weighted by Gasteiger charge is 2.11. The van der Waals surface area contributed by atoms with Gasteiger partial charge in [-0.2, -0.15) is 9.90 Å². The zero-order valence-electron chi connectivity index (χ0n) is 14.4. The second kappa shape index (κ2) is 7.65. The van der Waals surface area contributed by atoms with Crippen molar-refractivity contribution < 1.29 is 9.53 Å². The average molecular weight is 359 g/mol. The lowest BCUT2D eigenvalue weighted by Gasteiger charge is -2.09. The maximum Gasteiger partial charge on any atom is 0.273 e. The molecule has 4 aromatic rings. The van der Waals surface area contributed by atoms with E-state index < -0.39 is 0 Å². The molecule has 0 aliphatic heterocycles. The zero-order valence-corrected chi connectivity index (χ0v) is 14.4. The predicted molar refractivity (Wildman–Crippen MR) is 101 cm³/mol. The van der Waals surface area contributed by atoms with Crippen LogP contribution >= 0.6 is 0 Å². The maximum absolute atomic E-state index is 12.2. The number of aromatic nitrogens is 4. The number of rotatable bonds is 6. The zero-order chi connectivity index (χ0) is 18.5. The molecule has 0 aliphatic carbocycles. The van der Waals surface area contributed by atoms with E-state index in [1.807, 2.05) is 60.7 Å². The Hall–Kier alpha value is -3.74. The van der Waals surface area contributed by atoms with Crippen LogP contribution in [0.3, 0.4) is 0 Å². The molecule has 4 rings (SSSR count). The molecule has 0 saturated carbocycles. The second-order valence-electron chi connectivity index (χ2n) is 5.79. The summed E-state index contributed by atoms with van der Waals surface area (Å²) in [6.07, 6.45) is 3.17. The molecule has 0 atom stereocenters. The molecular weight excluding hydrogens is 342 g/mol. The van der Waals surface area contributed by atoms with E-state index >= 15 is 0 Å². The molecule has 2 aromatic heterocycles. The molecule has 0 spiro atoms. The Morgan fingerprint density at radius 1 is 1.04 bits per heavy atom. The number of ether oxygens (including phenoxy) is 1. The molecule has 0 aliphatic rings. The third kappa shape index (κ3) is 3.77. The first-order chi connectivity index (χ1) is 13.3. The number of hydrogen-bond acceptors (Lipinski definition) is 5. The van der Waals surface area contributed by atoms with Crippen LogP contribution in [-0.4, -0.2) is 39.0 Å². The van der Waals surface area contributed by atoms with Gasteiger partial charge >= 0.3 is 0 Å².